The first-order chi connectivity index (χ1) is 6.18. The smallest absolute Gasteiger partial charge is 0.0873 e. The second-order valence-corrected chi connectivity index (χ2v) is 5.44. The van der Waals surface area contributed by atoms with Crippen molar-refractivity contribution in [1.29, 1.82) is 0 Å². The van der Waals surface area contributed by atoms with Crippen LogP contribution in [0.15, 0.2) is 11.8 Å². The Kier molecular flexibility index (Phi) is 4.17. The van der Waals surface area contributed by atoms with E-state index in [1.54, 1.807) is 0 Å². The van der Waals surface area contributed by atoms with E-state index in [2.05, 4.69) is 32.5 Å². The quantitative estimate of drug-likeness (QED) is 0.368. The van der Waals surface area contributed by atoms with E-state index in [0.717, 1.165) is 6.61 Å². The lowest BCUT2D eigenvalue weighted by molar-refractivity contribution is 0.236. The van der Waals surface area contributed by atoms with Gasteiger partial charge >= 0.3 is 0 Å². The van der Waals surface area contributed by atoms with E-state index in [4.69, 9.17) is 4.74 Å². The fraction of sp³-hybridized carbons (Fsp3) is 0.818. The van der Waals surface area contributed by atoms with Gasteiger partial charge in [-0.2, -0.15) is 11.8 Å². The molecule has 0 amide bonds. The molecule has 1 unspecified atom stereocenters. The highest BCUT2D eigenvalue weighted by Crippen LogP contribution is 2.50. The summed E-state index contributed by atoms with van der Waals surface area (Å²) in [4.78, 5) is 0. The monoisotopic (exact) mass is 200 g/mol. The van der Waals surface area contributed by atoms with Crippen LogP contribution in [-0.2, 0) is 4.74 Å². The average Bonchev–Trinajstić information content (AvgIpc) is 2.84. The van der Waals surface area contributed by atoms with Crippen molar-refractivity contribution in [1.82, 2.24) is 0 Å². The fourth-order valence-corrected chi connectivity index (χ4v) is 2.38. The van der Waals surface area contributed by atoms with Gasteiger partial charge in [-0.05, 0) is 38.7 Å². The number of hydrogen-bond acceptors (Lipinski definition) is 2. The zero-order chi connectivity index (χ0) is 9.73. The van der Waals surface area contributed by atoms with E-state index in [0.29, 0.717) is 4.75 Å². The van der Waals surface area contributed by atoms with Gasteiger partial charge in [0.15, 0.2) is 0 Å². The Morgan fingerprint density at radius 2 is 2.23 bits per heavy atom. The molecule has 0 aromatic rings. The van der Waals surface area contributed by atoms with Gasteiger partial charge in [-0.1, -0.05) is 6.92 Å². The SMILES string of the molecule is CCC1(CCCOC=C(C)C)CS1. The lowest BCUT2D eigenvalue weighted by atomic mass is 10.0. The highest BCUT2D eigenvalue weighted by Gasteiger charge is 2.40. The van der Waals surface area contributed by atoms with Crippen molar-refractivity contribution >= 4 is 11.8 Å². The molecule has 0 aromatic carbocycles. The van der Waals surface area contributed by atoms with E-state index in [1.165, 1.54) is 30.6 Å². The highest BCUT2D eigenvalue weighted by atomic mass is 32.2. The van der Waals surface area contributed by atoms with Crippen LogP contribution >= 0.6 is 11.8 Å². The molecule has 1 nitrogen and oxygen atoms in total. The third kappa shape index (κ3) is 4.08. The van der Waals surface area contributed by atoms with E-state index in [-0.39, 0.29) is 0 Å². The molecule has 1 atom stereocenters. The van der Waals surface area contributed by atoms with Crippen LogP contribution in [0, 0.1) is 0 Å². The van der Waals surface area contributed by atoms with Crippen molar-refractivity contribution in [2.24, 2.45) is 0 Å². The molecule has 1 rings (SSSR count). The molecule has 2 heteroatoms. The summed E-state index contributed by atoms with van der Waals surface area (Å²) in [5, 5.41) is 0. The molecule has 1 fully saturated rings. The van der Waals surface area contributed by atoms with Gasteiger partial charge in [0.05, 0.1) is 12.9 Å². The largest absolute Gasteiger partial charge is 0.501 e. The van der Waals surface area contributed by atoms with Gasteiger partial charge in [0.25, 0.3) is 0 Å². The maximum atomic E-state index is 5.39. The fourth-order valence-electron chi connectivity index (χ4n) is 1.33. The molecule has 1 aliphatic rings. The van der Waals surface area contributed by atoms with Gasteiger partial charge < -0.3 is 4.74 Å². The van der Waals surface area contributed by atoms with Crippen LogP contribution < -0.4 is 0 Å². The summed E-state index contributed by atoms with van der Waals surface area (Å²) in [6, 6.07) is 0. The van der Waals surface area contributed by atoms with Crippen molar-refractivity contribution in [3.8, 4) is 0 Å². The molecule has 0 aromatic heterocycles. The summed E-state index contributed by atoms with van der Waals surface area (Å²) < 4.78 is 6.04. The second kappa shape index (κ2) is 4.94. The van der Waals surface area contributed by atoms with Gasteiger partial charge in [-0.15, -0.1) is 0 Å². The summed E-state index contributed by atoms with van der Waals surface area (Å²) in [5.74, 6) is 1.37. The van der Waals surface area contributed by atoms with E-state index in [9.17, 15) is 0 Å². The van der Waals surface area contributed by atoms with E-state index in [1.807, 2.05) is 6.26 Å². The molecule has 0 radical (unpaired) electrons. The van der Waals surface area contributed by atoms with Crippen LogP contribution in [0.4, 0.5) is 0 Å². The lowest BCUT2D eigenvalue weighted by Gasteiger charge is -2.09. The van der Waals surface area contributed by atoms with Gasteiger partial charge in [0, 0.05) is 10.5 Å². The van der Waals surface area contributed by atoms with Crippen molar-refractivity contribution in [3.05, 3.63) is 11.8 Å². The number of allylic oxidation sites excluding steroid dienone is 1. The number of rotatable bonds is 6. The molecular weight excluding hydrogens is 180 g/mol. The minimum atomic E-state index is 0.647. The normalized spacial score (nSPS) is 25.5. The van der Waals surface area contributed by atoms with Gasteiger partial charge in [-0.25, -0.2) is 0 Å². The van der Waals surface area contributed by atoms with Crippen LogP contribution in [0.2, 0.25) is 0 Å². The van der Waals surface area contributed by atoms with Gasteiger partial charge in [-0.3, -0.25) is 0 Å². The standard InChI is InChI=1S/C11H20OS/c1-4-11(9-13-11)6-5-7-12-8-10(2)3/h8H,4-7,9H2,1-3H3. The average molecular weight is 200 g/mol. The summed E-state index contributed by atoms with van der Waals surface area (Å²) >= 11 is 2.11. The summed E-state index contributed by atoms with van der Waals surface area (Å²) in [5.41, 5.74) is 1.24. The third-order valence-corrected chi connectivity index (χ3v) is 4.01. The Hall–Kier alpha value is -0.110. The predicted molar refractivity (Wildman–Crippen MR) is 60.1 cm³/mol. The Labute approximate surface area is 85.9 Å². The number of hydrogen-bond donors (Lipinski definition) is 0. The van der Waals surface area contributed by atoms with Crippen molar-refractivity contribution in [2.75, 3.05) is 12.4 Å². The van der Waals surface area contributed by atoms with Crippen LogP contribution in [0.3, 0.4) is 0 Å². The number of thioether (sulfide) groups is 1. The first kappa shape index (κ1) is 11.0. The molecular formula is C11H20OS. The zero-order valence-electron chi connectivity index (χ0n) is 8.93. The Bertz CT molecular complexity index is 179. The third-order valence-electron chi connectivity index (χ3n) is 2.41. The molecule has 0 aliphatic carbocycles. The van der Waals surface area contributed by atoms with Crippen LogP contribution in [0.1, 0.15) is 40.0 Å². The van der Waals surface area contributed by atoms with Gasteiger partial charge in [0.2, 0.25) is 0 Å². The molecule has 0 saturated carbocycles. The first-order valence-corrected chi connectivity index (χ1v) is 6.06. The maximum Gasteiger partial charge on any atom is 0.0873 e. The zero-order valence-corrected chi connectivity index (χ0v) is 9.75. The molecule has 76 valence electrons. The summed E-state index contributed by atoms with van der Waals surface area (Å²) in [7, 11) is 0. The first-order valence-electron chi connectivity index (χ1n) is 5.07. The van der Waals surface area contributed by atoms with Crippen LogP contribution in [-0.4, -0.2) is 17.1 Å². The van der Waals surface area contributed by atoms with E-state index < -0.39 is 0 Å². The van der Waals surface area contributed by atoms with Crippen molar-refractivity contribution in [3.63, 3.8) is 0 Å². The summed E-state index contributed by atoms with van der Waals surface area (Å²) in [6.45, 7) is 7.29. The summed E-state index contributed by atoms with van der Waals surface area (Å²) in [6.07, 6.45) is 5.70. The molecule has 1 saturated heterocycles. The van der Waals surface area contributed by atoms with Crippen molar-refractivity contribution in [2.45, 2.75) is 44.8 Å². The Morgan fingerprint density at radius 1 is 1.54 bits per heavy atom. The minimum Gasteiger partial charge on any atom is -0.501 e. The molecule has 0 bridgehead atoms. The second-order valence-electron chi connectivity index (χ2n) is 3.99. The topological polar surface area (TPSA) is 9.23 Å². The molecule has 1 heterocycles. The Balaban J connectivity index is 1.98. The Morgan fingerprint density at radius 3 is 2.69 bits per heavy atom. The predicted octanol–water partition coefficient (Wildman–Crippen LogP) is 3.60. The molecule has 0 N–H and O–H groups in total. The molecule has 13 heavy (non-hydrogen) atoms. The highest BCUT2D eigenvalue weighted by molar-refractivity contribution is 8.07. The van der Waals surface area contributed by atoms with E-state index >= 15 is 0 Å². The van der Waals surface area contributed by atoms with Crippen LogP contribution in [0.5, 0.6) is 0 Å². The van der Waals surface area contributed by atoms with Crippen molar-refractivity contribution < 1.29 is 4.74 Å². The minimum absolute atomic E-state index is 0.647. The van der Waals surface area contributed by atoms with Crippen LogP contribution in [0.25, 0.3) is 0 Å². The number of ether oxygens (including phenoxy) is 1. The van der Waals surface area contributed by atoms with Gasteiger partial charge in [0.1, 0.15) is 0 Å². The lowest BCUT2D eigenvalue weighted by Crippen LogP contribution is -2.07. The molecule has 0 spiro atoms. The molecule has 1 aliphatic heterocycles. The maximum absolute atomic E-state index is 5.39.